The van der Waals surface area contributed by atoms with Gasteiger partial charge in [-0.05, 0) is 30.8 Å². The van der Waals surface area contributed by atoms with Gasteiger partial charge < -0.3 is 9.84 Å². The van der Waals surface area contributed by atoms with Crippen LogP contribution in [-0.2, 0) is 0 Å². The van der Waals surface area contributed by atoms with Gasteiger partial charge in [0.1, 0.15) is 17.2 Å². The second kappa shape index (κ2) is 4.03. The summed E-state index contributed by atoms with van der Waals surface area (Å²) >= 11 is 4.50. The van der Waals surface area contributed by atoms with Crippen molar-refractivity contribution in [2.24, 2.45) is 4.99 Å². The highest BCUT2D eigenvalue weighted by molar-refractivity contribution is 7.78. The molecule has 0 aliphatic rings. The van der Waals surface area contributed by atoms with Crippen molar-refractivity contribution in [1.29, 1.82) is 0 Å². The lowest BCUT2D eigenvalue weighted by atomic mass is 10.2. The molecule has 0 bridgehead atoms. The number of nitrogens with zero attached hydrogens (tertiary/aromatic N) is 1. The zero-order valence-electron chi connectivity index (χ0n) is 7.37. The summed E-state index contributed by atoms with van der Waals surface area (Å²) in [6.07, 6.45) is 0. The van der Waals surface area contributed by atoms with Crippen LogP contribution in [0.3, 0.4) is 0 Å². The fourth-order valence-corrected chi connectivity index (χ4v) is 1.16. The van der Waals surface area contributed by atoms with Crippen LogP contribution in [0.5, 0.6) is 11.5 Å². The molecule has 0 radical (unpaired) electrons. The number of thiocarbonyl (C=S) groups is 1. The summed E-state index contributed by atoms with van der Waals surface area (Å²) in [4.78, 5) is 3.85. The molecule has 68 valence electrons. The zero-order chi connectivity index (χ0) is 9.84. The van der Waals surface area contributed by atoms with E-state index in [9.17, 15) is 5.11 Å². The minimum Gasteiger partial charge on any atom is -0.508 e. The van der Waals surface area contributed by atoms with Crippen LogP contribution in [0.2, 0.25) is 0 Å². The van der Waals surface area contributed by atoms with Crippen molar-refractivity contribution >= 4 is 23.1 Å². The van der Waals surface area contributed by atoms with Crippen LogP contribution in [0.25, 0.3) is 0 Å². The molecule has 0 amide bonds. The third-order valence-electron chi connectivity index (χ3n) is 1.63. The van der Waals surface area contributed by atoms with E-state index in [2.05, 4.69) is 22.4 Å². The Balaban J connectivity index is 3.37. The van der Waals surface area contributed by atoms with E-state index in [1.807, 2.05) is 6.92 Å². The molecule has 0 saturated heterocycles. The fraction of sp³-hybridized carbons (Fsp3) is 0.222. The molecule has 0 saturated carbocycles. The van der Waals surface area contributed by atoms with Gasteiger partial charge in [-0.2, -0.15) is 4.99 Å². The van der Waals surface area contributed by atoms with E-state index in [0.29, 0.717) is 11.4 Å². The van der Waals surface area contributed by atoms with Gasteiger partial charge in [-0.1, -0.05) is 0 Å². The molecular formula is C9H9NO2S. The Morgan fingerprint density at radius 2 is 2.23 bits per heavy atom. The molecule has 3 nitrogen and oxygen atoms in total. The highest BCUT2D eigenvalue weighted by Crippen LogP contribution is 2.34. The number of aliphatic imine (C=N–C) groups is 1. The number of phenolic OH excluding ortho intramolecular Hbond substituents is 1. The Hall–Kier alpha value is -1.38. The molecule has 0 heterocycles. The summed E-state index contributed by atoms with van der Waals surface area (Å²) in [6, 6.07) is 3.08. The molecule has 0 atom stereocenters. The van der Waals surface area contributed by atoms with E-state index in [1.54, 1.807) is 6.07 Å². The Labute approximate surface area is 81.7 Å². The minimum atomic E-state index is 0.151. The first-order chi connectivity index (χ1) is 6.19. The second-order valence-corrected chi connectivity index (χ2v) is 2.70. The quantitative estimate of drug-likeness (QED) is 0.582. The van der Waals surface area contributed by atoms with E-state index in [0.717, 1.165) is 5.56 Å². The summed E-state index contributed by atoms with van der Waals surface area (Å²) in [6.45, 7) is 1.81. The lowest BCUT2D eigenvalue weighted by Crippen LogP contribution is -1.85. The van der Waals surface area contributed by atoms with Crippen molar-refractivity contribution in [3.63, 3.8) is 0 Å². The number of isothiocyanates is 1. The number of rotatable bonds is 2. The Morgan fingerprint density at radius 3 is 2.77 bits per heavy atom. The van der Waals surface area contributed by atoms with Crippen molar-refractivity contribution in [3.05, 3.63) is 17.7 Å². The van der Waals surface area contributed by atoms with Gasteiger partial charge in [0.15, 0.2) is 0 Å². The van der Waals surface area contributed by atoms with Gasteiger partial charge >= 0.3 is 0 Å². The van der Waals surface area contributed by atoms with Gasteiger partial charge in [0.2, 0.25) is 0 Å². The number of ether oxygens (including phenoxy) is 1. The van der Waals surface area contributed by atoms with Gasteiger partial charge in [0.25, 0.3) is 0 Å². The monoisotopic (exact) mass is 195 g/mol. The van der Waals surface area contributed by atoms with Crippen LogP contribution in [0, 0.1) is 6.92 Å². The van der Waals surface area contributed by atoms with Crippen LogP contribution in [-0.4, -0.2) is 17.4 Å². The summed E-state index contributed by atoms with van der Waals surface area (Å²) in [5.41, 5.74) is 1.41. The highest BCUT2D eigenvalue weighted by atomic mass is 32.1. The van der Waals surface area contributed by atoms with Crippen LogP contribution < -0.4 is 4.74 Å². The molecule has 0 fully saturated rings. The predicted octanol–water partition coefficient (Wildman–Crippen LogP) is 2.44. The van der Waals surface area contributed by atoms with Gasteiger partial charge in [-0.3, -0.25) is 0 Å². The summed E-state index contributed by atoms with van der Waals surface area (Å²) < 4.78 is 5.02. The smallest absolute Gasteiger partial charge is 0.149 e. The highest BCUT2D eigenvalue weighted by Gasteiger charge is 2.06. The number of hydrogen-bond donors (Lipinski definition) is 1. The molecule has 1 aromatic rings. The molecule has 0 aromatic heterocycles. The third kappa shape index (κ3) is 2.05. The molecular weight excluding hydrogens is 186 g/mol. The first-order valence-electron chi connectivity index (χ1n) is 3.64. The molecule has 0 spiro atoms. The van der Waals surface area contributed by atoms with Crippen LogP contribution in [0.15, 0.2) is 17.1 Å². The van der Waals surface area contributed by atoms with E-state index in [4.69, 9.17) is 4.74 Å². The van der Waals surface area contributed by atoms with Gasteiger partial charge in [-0.15, -0.1) is 0 Å². The van der Waals surface area contributed by atoms with Gasteiger partial charge in [0, 0.05) is 6.07 Å². The van der Waals surface area contributed by atoms with Gasteiger partial charge in [-0.25, -0.2) is 0 Å². The number of hydrogen-bond acceptors (Lipinski definition) is 4. The average Bonchev–Trinajstić information content (AvgIpc) is 2.09. The average molecular weight is 195 g/mol. The number of methoxy groups -OCH3 is 1. The summed E-state index contributed by atoms with van der Waals surface area (Å²) in [5.74, 6) is 0.646. The summed E-state index contributed by atoms with van der Waals surface area (Å²) in [7, 11) is 1.51. The van der Waals surface area contributed by atoms with Crippen molar-refractivity contribution in [2.75, 3.05) is 7.11 Å². The van der Waals surface area contributed by atoms with Crippen molar-refractivity contribution in [1.82, 2.24) is 0 Å². The Kier molecular flexibility index (Phi) is 3.01. The molecule has 1 N–H and O–H groups in total. The van der Waals surface area contributed by atoms with Crippen LogP contribution in [0.4, 0.5) is 5.69 Å². The number of aryl methyl sites for hydroxylation is 1. The first kappa shape index (κ1) is 9.71. The van der Waals surface area contributed by atoms with Crippen LogP contribution in [0.1, 0.15) is 5.56 Å². The Bertz CT molecular complexity index is 370. The molecule has 0 aliphatic carbocycles. The summed E-state index contributed by atoms with van der Waals surface area (Å²) in [5, 5.41) is 11.5. The lowest BCUT2D eigenvalue weighted by Gasteiger charge is -2.06. The predicted molar refractivity (Wildman–Crippen MR) is 54.1 cm³/mol. The normalized spacial score (nSPS) is 9.08. The first-order valence-corrected chi connectivity index (χ1v) is 4.05. The van der Waals surface area contributed by atoms with E-state index >= 15 is 0 Å². The van der Waals surface area contributed by atoms with E-state index < -0.39 is 0 Å². The third-order valence-corrected chi connectivity index (χ3v) is 1.72. The fourth-order valence-electron chi connectivity index (χ4n) is 1.07. The molecule has 1 rings (SSSR count). The SMILES string of the molecule is COc1cc(O)cc(C)c1N=C=S. The molecule has 1 aromatic carbocycles. The van der Waals surface area contributed by atoms with Crippen LogP contribution >= 0.6 is 12.2 Å². The van der Waals surface area contributed by atoms with E-state index in [-0.39, 0.29) is 5.75 Å². The maximum absolute atomic E-state index is 9.25. The second-order valence-electron chi connectivity index (χ2n) is 2.52. The minimum absolute atomic E-state index is 0.151. The maximum atomic E-state index is 9.25. The maximum Gasteiger partial charge on any atom is 0.149 e. The molecule has 13 heavy (non-hydrogen) atoms. The Morgan fingerprint density at radius 1 is 1.54 bits per heavy atom. The van der Waals surface area contributed by atoms with Crippen molar-refractivity contribution in [3.8, 4) is 11.5 Å². The lowest BCUT2D eigenvalue weighted by molar-refractivity contribution is 0.408. The van der Waals surface area contributed by atoms with Crippen molar-refractivity contribution in [2.45, 2.75) is 6.92 Å². The largest absolute Gasteiger partial charge is 0.508 e. The van der Waals surface area contributed by atoms with E-state index in [1.165, 1.54) is 13.2 Å². The molecule has 0 unspecified atom stereocenters. The van der Waals surface area contributed by atoms with Gasteiger partial charge in [0.05, 0.1) is 12.3 Å². The zero-order valence-corrected chi connectivity index (χ0v) is 8.18. The number of phenols is 1. The van der Waals surface area contributed by atoms with Crippen molar-refractivity contribution < 1.29 is 9.84 Å². The number of benzene rings is 1. The molecule has 0 aliphatic heterocycles. The topological polar surface area (TPSA) is 41.8 Å². The molecule has 4 heteroatoms. The number of aromatic hydroxyl groups is 1. The standard InChI is InChI=1S/C9H9NO2S/c1-6-3-7(11)4-8(12-2)9(6)10-5-13/h3-4,11H,1-2H3.